The van der Waals surface area contributed by atoms with Crippen LogP contribution >= 0.6 is 0 Å². The molecule has 3 rings (SSSR count). The van der Waals surface area contributed by atoms with Crippen molar-refractivity contribution in [3.8, 4) is 5.75 Å². The van der Waals surface area contributed by atoms with Crippen LogP contribution in [0.25, 0.3) is 0 Å². The number of ether oxygens (including phenoxy) is 2. The van der Waals surface area contributed by atoms with Gasteiger partial charge in [0.2, 0.25) is 10.0 Å². The second kappa shape index (κ2) is 8.47. The quantitative estimate of drug-likeness (QED) is 0.790. The van der Waals surface area contributed by atoms with Gasteiger partial charge in [-0.25, -0.2) is 13.1 Å². The van der Waals surface area contributed by atoms with Crippen LogP contribution in [0.1, 0.15) is 15.9 Å². The lowest BCUT2D eigenvalue weighted by Crippen LogP contribution is -2.40. The van der Waals surface area contributed by atoms with E-state index in [4.69, 9.17) is 9.47 Å². The molecule has 0 saturated carbocycles. The second-order valence-electron chi connectivity index (χ2n) is 5.95. The van der Waals surface area contributed by atoms with Crippen LogP contribution in [0.3, 0.4) is 0 Å². The van der Waals surface area contributed by atoms with Crippen molar-refractivity contribution in [2.24, 2.45) is 0 Å². The third-order valence-electron chi connectivity index (χ3n) is 4.20. The summed E-state index contributed by atoms with van der Waals surface area (Å²) in [4.78, 5) is 18.4. The number of carbonyl (C=O) groups is 1. The van der Waals surface area contributed by atoms with Crippen molar-refractivity contribution in [1.29, 1.82) is 0 Å². The second-order valence-corrected chi connectivity index (χ2v) is 7.72. The third kappa shape index (κ3) is 4.62. The maximum absolute atomic E-state index is 12.8. The Morgan fingerprint density at radius 2 is 2.07 bits per heavy atom. The zero-order valence-electron chi connectivity index (χ0n) is 14.9. The molecule has 27 heavy (non-hydrogen) atoms. The number of carbonyl (C=O) groups excluding carboxylic acids is 1. The number of rotatable bonds is 6. The number of aromatic nitrogens is 1. The van der Waals surface area contributed by atoms with Crippen LogP contribution in [0.15, 0.2) is 47.6 Å². The summed E-state index contributed by atoms with van der Waals surface area (Å²) in [5, 5.41) is 0. The Hall–Kier alpha value is -2.49. The van der Waals surface area contributed by atoms with Gasteiger partial charge in [-0.2, -0.15) is 0 Å². The number of hydrogen-bond donors (Lipinski definition) is 1. The molecular weight excluding hydrogens is 370 g/mol. The number of benzene rings is 1. The molecule has 0 unspecified atom stereocenters. The number of nitrogens with one attached hydrogen (secondary N) is 1. The molecule has 1 amide bonds. The number of sulfonamides is 1. The van der Waals surface area contributed by atoms with E-state index in [-0.39, 0.29) is 22.9 Å². The van der Waals surface area contributed by atoms with Gasteiger partial charge < -0.3 is 14.4 Å². The summed E-state index contributed by atoms with van der Waals surface area (Å²) in [7, 11) is -2.35. The summed E-state index contributed by atoms with van der Waals surface area (Å²) in [5.41, 5.74) is 0.947. The molecule has 0 aliphatic carbocycles. The summed E-state index contributed by atoms with van der Waals surface area (Å²) in [6.07, 6.45) is 3.20. The minimum absolute atomic E-state index is 0.00352. The van der Waals surface area contributed by atoms with E-state index < -0.39 is 10.0 Å². The zero-order chi connectivity index (χ0) is 19.3. The Kier molecular flexibility index (Phi) is 6.04. The zero-order valence-corrected chi connectivity index (χ0v) is 15.7. The summed E-state index contributed by atoms with van der Waals surface area (Å²) in [6.45, 7) is 1.93. The van der Waals surface area contributed by atoms with Gasteiger partial charge in [0.15, 0.2) is 0 Å². The molecule has 1 fully saturated rings. The molecule has 1 N–H and O–H groups in total. The predicted molar refractivity (Wildman–Crippen MR) is 98.0 cm³/mol. The molecule has 0 bridgehead atoms. The van der Waals surface area contributed by atoms with Crippen LogP contribution < -0.4 is 9.46 Å². The average molecular weight is 391 g/mol. The van der Waals surface area contributed by atoms with Gasteiger partial charge in [0.1, 0.15) is 5.75 Å². The standard InChI is InChI=1S/C18H21N3O5S/c1-25-17-5-4-15(11-16(17)18(22)21-7-9-26-10-8-21)27(23,24)20-13-14-3-2-6-19-12-14/h2-6,11-12,20H,7-10,13H2,1H3. The van der Waals surface area contributed by atoms with Crippen LogP contribution in [0.5, 0.6) is 5.75 Å². The molecule has 1 aromatic heterocycles. The molecule has 9 heteroatoms. The van der Waals surface area contributed by atoms with Crippen molar-refractivity contribution in [2.45, 2.75) is 11.4 Å². The topological polar surface area (TPSA) is 97.8 Å². The van der Waals surface area contributed by atoms with Crippen molar-refractivity contribution in [3.05, 3.63) is 53.9 Å². The minimum atomic E-state index is -3.80. The first-order valence-corrected chi connectivity index (χ1v) is 9.93. The summed E-state index contributed by atoms with van der Waals surface area (Å²) in [6, 6.07) is 7.77. The van der Waals surface area contributed by atoms with Crippen LogP contribution in [0, 0.1) is 0 Å². The maximum Gasteiger partial charge on any atom is 0.257 e. The summed E-state index contributed by atoms with van der Waals surface area (Å²) in [5.74, 6) is 0.0529. The number of methoxy groups -OCH3 is 1. The van der Waals surface area contributed by atoms with Gasteiger partial charge in [-0.3, -0.25) is 9.78 Å². The van der Waals surface area contributed by atoms with Gasteiger partial charge in [-0.15, -0.1) is 0 Å². The minimum Gasteiger partial charge on any atom is -0.496 e. The van der Waals surface area contributed by atoms with Crippen LogP contribution in [-0.4, -0.2) is 57.6 Å². The van der Waals surface area contributed by atoms with Crippen molar-refractivity contribution >= 4 is 15.9 Å². The number of amides is 1. The Morgan fingerprint density at radius 3 is 2.74 bits per heavy atom. The highest BCUT2D eigenvalue weighted by Crippen LogP contribution is 2.24. The molecule has 1 saturated heterocycles. The first kappa shape index (κ1) is 19.3. The number of hydrogen-bond acceptors (Lipinski definition) is 6. The van der Waals surface area contributed by atoms with E-state index in [0.717, 1.165) is 5.56 Å². The fourth-order valence-corrected chi connectivity index (χ4v) is 3.77. The fourth-order valence-electron chi connectivity index (χ4n) is 2.72. The van der Waals surface area contributed by atoms with E-state index in [1.165, 1.54) is 25.3 Å². The molecule has 0 atom stereocenters. The first-order chi connectivity index (χ1) is 13.0. The van der Waals surface area contributed by atoms with Crippen molar-refractivity contribution < 1.29 is 22.7 Å². The lowest BCUT2D eigenvalue weighted by atomic mass is 10.1. The molecule has 2 aromatic rings. The first-order valence-electron chi connectivity index (χ1n) is 8.45. The number of morpholine rings is 1. The normalized spacial score (nSPS) is 14.8. The summed E-state index contributed by atoms with van der Waals surface area (Å²) >= 11 is 0. The van der Waals surface area contributed by atoms with Crippen molar-refractivity contribution in [2.75, 3.05) is 33.4 Å². The molecule has 1 aliphatic rings. The lowest BCUT2D eigenvalue weighted by molar-refractivity contribution is 0.0300. The van der Waals surface area contributed by atoms with E-state index >= 15 is 0 Å². The third-order valence-corrected chi connectivity index (χ3v) is 5.60. The highest BCUT2D eigenvalue weighted by atomic mass is 32.2. The highest BCUT2D eigenvalue weighted by Gasteiger charge is 2.24. The van der Waals surface area contributed by atoms with Gasteiger partial charge in [0.05, 0.1) is 30.8 Å². The Labute approximate surface area is 158 Å². The van der Waals surface area contributed by atoms with Crippen molar-refractivity contribution in [1.82, 2.24) is 14.6 Å². The average Bonchev–Trinajstić information content (AvgIpc) is 2.72. The lowest BCUT2D eigenvalue weighted by Gasteiger charge is -2.27. The van der Waals surface area contributed by atoms with Crippen molar-refractivity contribution in [3.63, 3.8) is 0 Å². The van der Waals surface area contributed by atoms with Gasteiger partial charge in [-0.1, -0.05) is 6.07 Å². The molecular formula is C18H21N3O5S. The van der Waals surface area contributed by atoms with Gasteiger partial charge in [-0.05, 0) is 29.8 Å². The SMILES string of the molecule is COc1ccc(S(=O)(=O)NCc2cccnc2)cc1C(=O)N1CCOCC1. The largest absolute Gasteiger partial charge is 0.496 e. The van der Waals surface area contributed by atoms with Crippen LogP contribution in [0.2, 0.25) is 0 Å². The Balaban J connectivity index is 1.84. The molecule has 0 radical (unpaired) electrons. The summed E-state index contributed by atoms with van der Waals surface area (Å²) < 4.78 is 38.3. The van der Waals surface area contributed by atoms with Crippen LogP contribution in [0.4, 0.5) is 0 Å². The smallest absolute Gasteiger partial charge is 0.257 e. The Morgan fingerprint density at radius 1 is 1.30 bits per heavy atom. The van der Waals surface area contributed by atoms with Gasteiger partial charge in [0, 0.05) is 32.0 Å². The van der Waals surface area contributed by atoms with Crippen LogP contribution in [-0.2, 0) is 21.3 Å². The number of nitrogens with zero attached hydrogens (tertiary/aromatic N) is 2. The highest BCUT2D eigenvalue weighted by molar-refractivity contribution is 7.89. The molecule has 2 heterocycles. The number of pyridine rings is 1. The fraction of sp³-hybridized carbons (Fsp3) is 0.333. The molecule has 1 aliphatic heterocycles. The molecule has 8 nitrogen and oxygen atoms in total. The van der Waals surface area contributed by atoms with E-state index in [1.54, 1.807) is 29.4 Å². The molecule has 1 aromatic carbocycles. The van der Waals surface area contributed by atoms with E-state index in [1.807, 2.05) is 0 Å². The molecule has 0 spiro atoms. The van der Waals surface area contributed by atoms with E-state index in [2.05, 4.69) is 9.71 Å². The Bertz CT molecular complexity index is 896. The van der Waals surface area contributed by atoms with E-state index in [9.17, 15) is 13.2 Å². The maximum atomic E-state index is 12.8. The van der Waals surface area contributed by atoms with Gasteiger partial charge in [0.25, 0.3) is 5.91 Å². The predicted octanol–water partition coefficient (Wildman–Crippen LogP) is 1.04. The van der Waals surface area contributed by atoms with E-state index in [0.29, 0.717) is 32.1 Å². The molecule has 144 valence electrons. The van der Waals surface area contributed by atoms with Gasteiger partial charge >= 0.3 is 0 Å². The monoisotopic (exact) mass is 391 g/mol.